The number of nitrogens with zero attached hydrogens (tertiary/aromatic N) is 1. The molecule has 6 nitrogen and oxygen atoms in total. The zero-order valence-electron chi connectivity index (χ0n) is 9.66. The summed E-state index contributed by atoms with van der Waals surface area (Å²) in [4.78, 5) is 28.2. The zero-order chi connectivity index (χ0) is 13.3. The average Bonchev–Trinajstić information content (AvgIpc) is 2.67. The third kappa shape index (κ3) is 1.67. The van der Waals surface area contributed by atoms with Crippen LogP contribution in [0.5, 0.6) is 0 Å². The Kier molecular flexibility index (Phi) is 2.88. The molecule has 1 aromatic rings. The van der Waals surface area contributed by atoms with Crippen molar-refractivity contribution in [3.63, 3.8) is 0 Å². The van der Waals surface area contributed by atoms with E-state index in [1.165, 1.54) is 6.92 Å². The molecule has 0 saturated heterocycles. The first-order chi connectivity index (χ1) is 8.48. The fourth-order valence-corrected chi connectivity index (χ4v) is 1.82. The van der Waals surface area contributed by atoms with E-state index in [0.717, 1.165) is 0 Å². The molecule has 2 unspecified atom stereocenters. The second-order valence-corrected chi connectivity index (χ2v) is 4.06. The van der Waals surface area contributed by atoms with Gasteiger partial charge in [0.05, 0.1) is 0 Å². The maximum atomic E-state index is 12.3. The van der Waals surface area contributed by atoms with Crippen LogP contribution >= 0.6 is 0 Å². The molecule has 0 aromatic heterocycles. The van der Waals surface area contributed by atoms with E-state index in [-0.39, 0.29) is 0 Å². The van der Waals surface area contributed by atoms with Crippen LogP contribution < -0.4 is 5.73 Å². The number of carboxylic acids is 1. The number of aliphatic carboxylic acids is 1. The molecule has 0 radical (unpaired) electrons. The highest BCUT2D eigenvalue weighted by Crippen LogP contribution is 2.25. The molecule has 6 heteroatoms. The van der Waals surface area contributed by atoms with Crippen molar-refractivity contribution >= 4 is 17.5 Å². The van der Waals surface area contributed by atoms with Crippen molar-refractivity contribution in [1.82, 2.24) is 0 Å². The summed E-state index contributed by atoms with van der Waals surface area (Å²) in [5, 5.41) is 12.4. The van der Waals surface area contributed by atoms with Crippen molar-refractivity contribution in [1.29, 1.82) is 0 Å². The highest BCUT2D eigenvalue weighted by atomic mass is 16.6. The summed E-state index contributed by atoms with van der Waals surface area (Å²) in [6.45, 7) is 1.51. The standard InChI is InChI=1S/C12H12N2O4/c1-7-12(13,9(11(16)17)14-18-7)10(15)8-5-3-2-4-6-8/h2-7H,13H2,1H3,(H,16,17). The molecule has 18 heavy (non-hydrogen) atoms. The van der Waals surface area contributed by atoms with E-state index in [2.05, 4.69) is 5.16 Å². The first-order valence-electron chi connectivity index (χ1n) is 5.34. The number of carboxylic acid groups (broad SMARTS) is 1. The average molecular weight is 248 g/mol. The van der Waals surface area contributed by atoms with Crippen LogP contribution in [-0.4, -0.2) is 34.2 Å². The summed E-state index contributed by atoms with van der Waals surface area (Å²) in [6, 6.07) is 8.24. The van der Waals surface area contributed by atoms with Crippen LogP contribution in [0.2, 0.25) is 0 Å². The molecule has 0 aliphatic carbocycles. The van der Waals surface area contributed by atoms with Crippen molar-refractivity contribution in [3.8, 4) is 0 Å². The van der Waals surface area contributed by atoms with Gasteiger partial charge in [-0.2, -0.15) is 0 Å². The largest absolute Gasteiger partial charge is 0.477 e. The predicted molar refractivity (Wildman–Crippen MR) is 63.3 cm³/mol. The van der Waals surface area contributed by atoms with Gasteiger partial charge in [0.2, 0.25) is 0 Å². The fourth-order valence-electron chi connectivity index (χ4n) is 1.82. The van der Waals surface area contributed by atoms with E-state index in [1.54, 1.807) is 30.3 Å². The minimum absolute atomic E-state index is 0.325. The summed E-state index contributed by atoms with van der Waals surface area (Å²) in [5.74, 6) is -1.87. The number of nitrogens with two attached hydrogens (primary N) is 1. The lowest BCUT2D eigenvalue weighted by molar-refractivity contribution is -0.129. The van der Waals surface area contributed by atoms with Gasteiger partial charge in [-0.3, -0.25) is 4.79 Å². The Labute approximate surface area is 103 Å². The summed E-state index contributed by atoms with van der Waals surface area (Å²) >= 11 is 0. The summed E-state index contributed by atoms with van der Waals surface area (Å²) in [5.41, 5.74) is 4.04. The number of ketones is 1. The monoisotopic (exact) mass is 248 g/mol. The third-order valence-electron chi connectivity index (χ3n) is 2.95. The first kappa shape index (κ1) is 12.3. The molecule has 1 heterocycles. The first-order valence-corrected chi connectivity index (χ1v) is 5.34. The van der Waals surface area contributed by atoms with Crippen LogP contribution in [0.15, 0.2) is 35.5 Å². The molecule has 0 saturated carbocycles. The maximum absolute atomic E-state index is 12.3. The molecule has 0 fully saturated rings. The van der Waals surface area contributed by atoms with Gasteiger partial charge >= 0.3 is 5.97 Å². The Bertz CT molecular complexity index is 526. The number of rotatable bonds is 3. The van der Waals surface area contributed by atoms with E-state index in [9.17, 15) is 9.59 Å². The van der Waals surface area contributed by atoms with E-state index in [1.807, 2.05) is 0 Å². The molecule has 0 spiro atoms. The highest BCUT2D eigenvalue weighted by Gasteiger charge is 2.53. The van der Waals surface area contributed by atoms with Gasteiger partial charge in [0, 0.05) is 5.56 Å². The molecule has 1 aromatic carbocycles. The van der Waals surface area contributed by atoms with Gasteiger partial charge < -0.3 is 15.7 Å². The van der Waals surface area contributed by atoms with E-state index in [0.29, 0.717) is 5.56 Å². The number of Topliss-reactive ketones (excluding diaryl/α,β-unsaturated/α-hetero) is 1. The molecular weight excluding hydrogens is 236 g/mol. The SMILES string of the molecule is CC1ON=C(C(=O)O)C1(N)C(=O)c1ccccc1. The Morgan fingerprint density at radius 1 is 1.39 bits per heavy atom. The normalized spacial score (nSPS) is 26.3. The van der Waals surface area contributed by atoms with E-state index in [4.69, 9.17) is 15.7 Å². The number of hydrogen-bond acceptors (Lipinski definition) is 5. The number of carbonyl (C=O) groups excluding carboxylic acids is 1. The quantitative estimate of drug-likeness (QED) is 0.755. The lowest BCUT2D eigenvalue weighted by atomic mass is 9.82. The minimum Gasteiger partial charge on any atom is -0.477 e. The van der Waals surface area contributed by atoms with E-state index < -0.39 is 29.1 Å². The molecule has 0 amide bonds. The Balaban J connectivity index is 2.45. The summed E-state index contributed by atoms with van der Waals surface area (Å²) in [6.07, 6.45) is -0.823. The second-order valence-electron chi connectivity index (χ2n) is 4.06. The van der Waals surface area contributed by atoms with Crippen molar-refractivity contribution in [2.24, 2.45) is 10.9 Å². The second kappa shape index (κ2) is 4.23. The Morgan fingerprint density at radius 3 is 2.56 bits per heavy atom. The van der Waals surface area contributed by atoms with Gasteiger partial charge in [-0.25, -0.2) is 4.79 Å². The lowest BCUT2D eigenvalue weighted by Crippen LogP contribution is -2.61. The summed E-state index contributed by atoms with van der Waals surface area (Å²) < 4.78 is 0. The minimum atomic E-state index is -1.76. The van der Waals surface area contributed by atoms with Crippen molar-refractivity contribution in [2.75, 3.05) is 0 Å². The summed E-state index contributed by atoms with van der Waals surface area (Å²) in [7, 11) is 0. The molecule has 94 valence electrons. The van der Waals surface area contributed by atoms with Crippen LogP contribution in [0, 0.1) is 0 Å². The molecule has 1 aliphatic heterocycles. The Hall–Kier alpha value is -2.21. The predicted octanol–water partition coefficient (Wildman–Crippen LogP) is 0.426. The smallest absolute Gasteiger partial charge is 0.356 e. The number of benzene rings is 1. The fraction of sp³-hybridized carbons (Fsp3) is 0.250. The maximum Gasteiger partial charge on any atom is 0.356 e. The Morgan fingerprint density at radius 2 is 2.00 bits per heavy atom. The van der Waals surface area contributed by atoms with Gasteiger partial charge in [-0.05, 0) is 6.92 Å². The van der Waals surface area contributed by atoms with Crippen LogP contribution in [0.3, 0.4) is 0 Å². The molecule has 0 bridgehead atoms. The lowest BCUT2D eigenvalue weighted by Gasteiger charge is -2.24. The van der Waals surface area contributed by atoms with Crippen LogP contribution in [0.1, 0.15) is 17.3 Å². The van der Waals surface area contributed by atoms with Gasteiger partial charge in [-0.1, -0.05) is 35.5 Å². The zero-order valence-corrected chi connectivity index (χ0v) is 9.66. The van der Waals surface area contributed by atoms with Crippen LogP contribution in [0.25, 0.3) is 0 Å². The molecule has 2 atom stereocenters. The van der Waals surface area contributed by atoms with Gasteiger partial charge in [-0.15, -0.1) is 0 Å². The van der Waals surface area contributed by atoms with Crippen molar-refractivity contribution in [2.45, 2.75) is 18.6 Å². The van der Waals surface area contributed by atoms with Gasteiger partial charge in [0.25, 0.3) is 0 Å². The highest BCUT2D eigenvalue weighted by molar-refractivity contribution is 6.46. The number of carbonyl (C=O) groups is 2. The number of hydrogen-bond donors (Lipinski definition) is 2. The molecule has 1 aliphatic rings. The topological polar surface area (TPSA) is 102 Å². The van der Waals surface area contributed by atoms with Crippen molar-refractivity contribution in [3.05, 3.63) is 35.9 Å². The van der Waals surface area contributed by atoms with Crippen LogP contribution in [-0.2, 0) is 9.63 Å². The van der Waals surface area contributed by atoms with Crippen molar-refractivity contribution < 1.29 is 19.5 Å². The van der Waals surface area contributed by atoms with Gasteiger partial charge in [0.15, 0.2) is 23.1 Å². The molecule has 2 rings (SSSR count). The molecule has 3 N–H and O–H groups in total. The van der Waals surface area contributed by atoms with Crippen LogP contribution in [0.4, 0.5) is 0 Å². The third-order valence-corrected chi connectivity index (χ3v) is 2.95. The number of oxime groups is 1. The van der Waals surface area contributed by atoms with Gasteiger partial charge in [0.1, 0.15) is 0 Å². The molecular formula is C12H12N2O4. The van der Waals surface area contributed by atoms with E-state index >= 15 is 0 Å².